The van der Waals surface area contributed by atoms with Gasteiger partial charge in [-0.2, -0.15) is 0 Å². The van der Waals surface area contributed by atoms with Gasteiger partial charge >= 0.3 is 0 Å². The predicted molar refractivity (Wildman–Crippen MR) is 78.4 cm³/mol. The molecule has 3 nitrogen and oxygen atoms in total. The molecule has 2 unspecified atom stereocenters. The summed E-state index contributed by atoms with van der Waals surface area (Å²) in [5.41, 5.74) is 0.161. The Morgan fingerprint density at radius 2 is 1.95 bits per heavy atom. The highest BCUT2D eigenvalue weighted by Crippen LogP contribution is 2.38. The lowest BCUT2D eigenvalue weighted by molar-refractivity contribution is -0.147. The van der Waals surface area contributed by atoms with Crippen LogP contribution in [0.3, 0.4) is 0 Å². The first-order valence-electron chi connectivity index (χ1n) is 8.04. The minimum Gasteiger partial charge on any atom is -0.381 e. The molecule has 0 bridgehead atoms. The Kier molecular flexibility index (Phi) is 5.67. The maximum absolute atomic E-state index is 6.12. The van der Waals surface area contributed by atoms with Crippen LogP contribution in [-0.4, -0.2) is 38.5 Å². The fourth-order valence-electron chi connectivity index (χ4n) is 3.69. The quantitative estimate of drug-likeness (QED) is 0.832. The molecule has 2 heterocycles. The van der Waals surface area contributed by atoms with Gasteiger partial charge in [0.05, 0.1) is 5.60 Å². The summed E-state index contributed by atoms with van der Waals surface area (Å²) >= 11 is 0. The Morgan fingerprint density at radius 1 is 1.21 bits per heavy atom. The van der Waals surface area contributed by atoms with Gasteiger partial charge in [-0.25, -0.2) is 0 Å². The van der Waals surface area contributed by atoms with E-state index < -0.39 is 0 Å². The molecule has 3 heteroatoms. The fourth-order valence-corrected chi connectivity index (χ4v) is 3.69. The molecule has 19 heavy (non-hydrogen) atoms. The van der Waals surface area contributed by atoms with Gasteiger partial charge in [0.25, 0.3) is 0 Å². The van der Waals surface area contributed by atoms with Gasteiger partial charge in [-0.05, 0) is 57.4 Å². The van der Waals surface area contributed by atoms with Crippen molar-refractivity contribution in [1.29, 1.82) is 0 Å². The van der Waals surface area contributed by atoms with Crippen LogP contribution in [0.2, 0.25) is 0 Å². The Bertz CT molecular complexity index is 256. The number of nitrogens with one attached hydrogen (secondary N) is 1. The average Bonchev–Trinajstić information content (AvgIpc) is 2.40. The Balaban J connectivity index is 1.80. The molecule has 1 N–H and O–H groups in total. The smallest absolute Gasteiger partial charge is 0.0729 e. The number of rotatable bonds is 5. The van der Waals surface area contributed by atoms with Crippen molar-refractivity contribution in [2.24, 2.45) is 11.8 Å². The minimum absolute atomic E-state index is 0.161. The van der Waals surface area contributed by atoms with Crippen molar-refractivity contribution in [1.82, 2.24) is 5.32 Å². The third-order valence-electron chi connectivity index (χ3n) is 5.06. The van der Waals surface area contributed by atoms with E-state index in [9.17, 15) is 0 Å². The lowest BCUT2D eigenvalue weighted by Gasteiger charge is -2.43. The number of ether oxygens (including phenoxy) is 2. The zero-order valence-corrected chi connectivity index (χ0v) is 12.9. The van der Waals surface area contributed by atoms with Gasteiger partial charge in [0.1, 0.15) is 0 Å². The Morgan fingerprint density at radius 3 is 2.58 bits per heavy atom. The van der Waals surface area contributed by atoms with E-state index >= 15 is 0 Å². The van der Waals surface area contributed by atoms with Gasteiger partial charge < -0.3 is 14.8 Å². The summed E-state index contributed by atoms with van der Waals surface area (Å²) in [5.74, 6) is 1.57. The van der Waals surface area contributed by atoms with Crippen molar-refractivity contribution in [3.05, 3.63) is 0 Å². The molecule has 2 rings (SSSR count). The zero-order chi connectivity index (χ0) is 13.7. The van der Waals surface area contributed by atoms with Crippen LogP contribution >= 0.6 is 0 Å². The van der Waals surface area contributed by atoms with E-state index in [4.69, 9.17) is 9.47 Å². The Hall–Kier alpha value is -0.120. The summed E-state index contributed by atoms with van der Waals surface area (Å²) in [4.78, 5) is 0. The molecule has 0 radical (unpaired) electrons. The van der Waals surface area contributed by atoms with Crippen LogP contribution < -0.4 is 5.32 Å². The molecule has 1 spiro atoms. The first-order valence-corrected chi connectivity index (χ1v) is 8.04. The highest BCUT2D eigenvalue weighted by atomic mass is 16.5. The highest BCUT2D eigenvalue weighted by molar-refractivity contribution is 4.89. The molecule has 112 valence electrons. The molecule has 0 aliphatic carbocycles. The van der Waals surface area contributed by atoms with Crippen LogP contribution in [-0.2, 0) is 9.47 Å². The third-order valence-corrected chi connectivity index (χ3v) is 5.06. The summed E-state index contributed by atoms with van der Waals surface area (Å²) in [7, 11) is 2.09. The van der Waals surface area contributed by atoms with Crippen molar-refractivity contribution in [2.45, 2.75) is 64.0 Å². The first-order chi connectivity index (χ1) is 9.15. The second kappa shape index (κ2) is 7.05. The number of hydrogen-bond donors (Lipinski definition) is 1. The summed E-state index contributed by atoms with van der Waals surface area (Å²) in [6.45, 7) is 7.35. The fraction of sp³-hybridized carbons (Fsp3) is 1.00. The van der Waals surface area contributed by atoms with Gasteiger partial charge in [-0.1, -0.05) is 13.8 Å². The topological polar surface area (TPSA) is 30.5 Å². The van der Waals surface area contributed by atoms with Crippen molar-refractivity contribution >= 4 is 0 Å². The van der Waals surface area contributed by atoms with Gasteiger partial charge in [0.15, 0.2) is 0 Å². The van der Waals surface area contributed by atoms with E-state index in [2.05, 4.69) is 26.2 Å². The van der Waals surface area contributed by atoms with E-state index in [0.29, 0.717) is 6.04 Å². The molecule has 2 atom stereocenters. The molecular weight excluding hydrogens is 238 g/mol. The molecule has 0 amide bonds. The molecule has 2 saturated heterocycles. The van der Waals surface area contributed by atoms with Crippen LogP contribution in [0.5, 0.6) is 0 Å². The molecule has 0 saturated carbocycles. The monoisotopic (exact) mass is 269 g/mol. The molecular formula is C16H31NO2. The average molecular weight is 269 g/mol. The summed E-state index contributed by atoms with van der Waals surface area (Å²) in [6.07, 6.45) is 7.34. The molecule has 2 fully saturated rings. The van der Waals surface area contributed by atoms with Crippen LogP contribution in [0.25, 0.3) is 0 Å². The SMILES string of the molecule is CNC(CCC1CCOC2(CCOCC2)C1)C(C)C. The lowest BCUT2D eigenvalue weighted by Crippen LogP contribution is -2.44. The standard InChI is InChI=1S/C16H31NO2/c1-13(2)15(17-3)5-4-14-6-9-19-16(12-14)7-10-18-11-8-16/h13-15,17H,4-12H2,1-3H3. The van der Waals surface area contributed by atoms with Crippen molar-refractivity contribution in [2.75, 3.05) is 26.9 Å². The maximum Gasteiger partial charge on any atom is 0.0729 e. The summed E-state index contributed by atoms with van der Waals surface area (Å²) in [6, 6.07) is 0.661. The van der Waals surface area contributed by atoms with E-state index in [1.807, 2.05) is 0 Å². The van der Waals surface area contributed by atoms with E-state index in [-0.39, 0.29) is 5.60 Å². The van der Waals surface area contributed by atoms with Gasteiger partial charge in [-0.15, -0.1) is 0 Å². The molecule has 0 aromatic carbocycles. The molecule has 2 aliphatic heterocycles. The van der Waals surface area contributed by atoms with E-state index in [1.54, 1.807) is 0 Å². The minimum atomic E-state index is 0.161. The first kappa shape index (κ1) is 15.3. The summed E-state index contributed by atoms with van der Waals surface area (Å²) < 4.78 is 11.6. The van der Waals surface area contributed by atoms with Gasteiger partial charge in [-0.3, -0.25) is 0 Å². The second-order valence-corrected chi connectivity index (χ2v) is 6.72. The van der Waals surface area contributed by atoms with Crippen molar-refractivity contribution in [3.63, 3.8) is 0 Å². The zero-order valence-electron chi connectivity index (χ0n) is 12.9. The van der Waals surface area contributed by atoms with E-state index in [0.717, 1.165) is 44.5 Å². The van der Waals surface area contributed by atoms with Crippen LogP contribution in [0.1, 0.15) is 52.4 Å². The lowest BCUT2D eigenvalue weighted by atomic mass is 9.78. The highest BCUT2D eigenvalue weighted by Gasteiger charge is 2.38. The van der Waals surface area contributed by atoms with Crippen LogP contribution in [0, 0.1) is 11.8 Å². The van der Waals surface area contributed by atoms with Crippen molar-refractivity contribution < 1.29 is 9.47 Å². The van der Waals surface area contributed by atoms with Crippen LogP contribution in [0.4, 0.5) is 0 Å². The number of hydrogen-bond acceptors (Lipinski definition) is 3. The maximum atomic E-state index is 6.12. The predicted octanol–water partition coefficient (Wildman–Crippen LogP) is 2.99. The summed E-state index contributed by atoms with van der Waals surface area (Å²) in [5, 5.41) is 3.46. The molecule has 2 aliphatic rings. The molecule has 0 aromatic heterocycles. The van der Waals surface area contributed by atoms with Crippen LogP contribution in [0.15, 0.2) is 0 Å². The van der Waals surface area contributed by atoms with Gasteiger partial charge in [0.2, 0.25) is 0 Å². The normalized spacial score (nSPS) is 28.7. The largest absolute Gasteiger partial charge is 0.381 e. The Labute approximate surface area is 118 Å². The second-order valence-electron chi connectivity index (χ2n) is 6.72. The molecule has 0 aromatic rings. The van der Waals surface area contributed by atoms with Crippen molar-refractivity contribution in [3.8, 4) is 0 Å². The van der Waals surface area contributed by atoms with E-state index in [1.165, 1.54) is 25.7 Å². The van der Waals surface area contributed by atoms with Gasteiger partial charge in [0, 0.05) is 25.9 Å². The third kappa shape index (κ3) is 4.17.